The van der Waals surface area contributed by atoms with Crippen LogP contribution in [-0.4, -0.2) is 23.9 Å². The molecule has 0 spiro atoms. The van der Waals surface area contributed by atoms with E-state index >= 15 is 0 Å². The molecule has 2 unspecified atom stereocenters. The lowest BCUT2D eigenvalue weighted by atomic mass is 9.51. The Labute approximate surface area is 193 Å². The summed E-state index contributed by atoms with van der Waals surface area (Å²) in [6.45, 7) is 0. The molecular weight excluding hydrogens is 396 g/mol. The third-order valence-corrected chi connectivity index (χ3v) is 11.5. The van der Waals surface area contributed by atoms with Gasteiger partial charge in [-0.25, -0.2) is 0 Å². The maximum Gasteiger partial charge on any atom is 0.223 e. The zero-order valence-corrected chi connectivity index (χ0v) is 19.6. The van der Waals surface area contributed by atoms with Gasteiger partial charge in [0.05, 0.1) is 0 Å². The molecule has 0 heterocycles. The van der Waals surface area contributed by atoms with Crippen LogP contribution >= 0.6 is 0 Å². The van der Waals surface area contributed by atoms with Crippen LogP contribution in [0.4, 0.5) is 0 Å². The van der Waals surface area contributed by atoms with Gasteiger partial charge in [-0.15, -0.1) is 0 Å². The Balaban J connectivity index is 1.01. The maximum atomic E-state index is 13.5. The van der Waals surface area contributed by atoms with Crippen molar-refractivity contribution in [3.8, 4) is 0 Å². The predicted octanol–water partition coefficient (Wildman–Crippen LogP) is 4.67. The van der Waals surface area contributed by atoms with Crippen molar-refractivity contribution in [2.24, 2.45) is 59.2 Å². The van der Waals surface area contributed by atoms with Gasteiger partial charge in [-0.2, -0.15) is 0 Å². The molecule has 9 fully saturated rings. The molecule has 0 saturated heterocycles. The number of carbonyl (C=O) groups is 2. The van der Waals surface area contributed by atoms with Crippen LogP contribution < -0.4 is 10.6 Å². The van der Waals surface area contributed by atoms with Crippen molar-refractivity contribution in [2.45, 2.75) is 102 Å². The molecule has 2 amide bonds. The van der Waals surface area contributed by atoms with Crippen molar-refractivity contribution in [3.05, 3.63) is 0 Å². The Morgan fingerprint density at radius 1 is 0.469 bits per heavy atom. The van der Waals surface area contributed by atoms with Crippen molar-refractivity contribution < 1.29 is 9.59 Å². The van der Waals surface area contributed by atoms with Crippen molar-refractivity contribution >= 4 is 11.8 Å². The van der Waals surface area contributed by atoms with Gasteiger partial charge in [-0.05, 0) is 124 Å². The minimum absolute atomic E-state index is 0.147. The van der Waals surface area contributed by atoms with E-state index in [1.54, 1.807) is 0 Å². The zero-order chi connectivity index (χ0) is 21.4. The predicted molar refractivity (Wildman–Crippen MR) is 123 cm³/mol. The molecule has 9 saturated carbocycles. The summed E-state index contributed by atoms with van der Waals surface area (Å²) in [6, 6.07) is 0.295. The Kier molecular flexibility index (Phi) is 4.91. The van der Waals surface area contributed by atoms with Gasteiger partial charge in [-0.1, -0.05) is 12.8 Å². The first kappa shape index (κ1) is 20.3. The molecular formula is C28H42N2O2. The quantitative estimate of drug-likeness (QED) is 0.670. The van der Waals surface area contributed by atoms with Crippen molar-refractivity contribution in [1.82, 2.24) is 10.6 Å². The fourth-order valence-corrected chi connectivity index (χ4v) is 10.7. The molecule has 32 heavy (non-hydrogen) atoms. The fraction of sp³-hybridized carbons (Fsp3) is 0.929. The molecule has 8 bridgehead atoms. The lowest BCUT2D eigenvalue weighted by Gasteiger charge is -2.54. The number of hydrogen-bond donors (Lipinski definition) is 2. The van der Waals surface area contributed by atoms with Crippen LogP contribution in [0, 0.1) is 59.2 Å². The summed E-state index contributed by atoms with van der Waals surface area (Å²) in [6.07, 6.45) is 17.6. The molecule has 9 aliphatic carbocycles. The highest BCUT2D eigenvalue weighted by Crippen LogP contribution is 2.57. The van der Waals surface area contributed by atoms with Crippen LogP contribution in [0.15, 0.2) is 0 Å². The maximum absolute atomic E-state index is 13.5. The molecule has 0 aromatic heterocycles. The first-order valence-corrected chi connectivity index (χ1v) is 14.2. The molecule has 2 atom stereocenters. The second-order valence-corrected chi connectivity index (χ2v) is 13.4. The summed E-state index contributed by atoms with van der Waals surface area (Å²) in [7, 11) is 0. The van der Waals surface area contributed by atoms with Crippen LogP contribution in [-0.2, 0) is 9.59 Å². The van der Waals surface area contributed by atoms with E-state index in [4.69, 9.17) is 0 Å². The molecule has 0 aromatic carbocycles. The first-order chi connectivity index (χ1) is 15.6. The summed E-state index contributed by atoms with van der Waals surface area (Å²) in [5.74, 6) is 7.34. The number of nitrogens with one attached hydrogen (secondary N) is 2. The van der Waals surface area contributed by atoms with Crippen LogP contribution in [0.1, 0.15) is 89.9 Å². The molecule has 4 heteroatoms. The van der Waals surface area contributed by atoms with E-state index in [0.717, 1.165) is 36.5 Å². The molecule has 9 aliphatic rings. The van der Waals surface area contributed by atoms with E-state index in [1.807, 2.05) is 0 Å². The third-order valence-electron chi connectivity index (χ3n) is 11.5. The van der Waals surface area contributed by atoms with E-state index in [-0.39, 0.29) is 23.9 Å². The van der Waals surface area contributed by atoms with Gasteiger partial charge >= 0.3 is 0 Å². The highest BCUT2D eigenvalue weighted by atomic mass is 16.2. The Hall–Kier alpha value is -1.06. The fourth-order valence-electron chi connectivity index (χ4n) is 10.7. The largest absolute Gasteiger partial charge is 0.351 e. The van der Waals surface area contributed by atoms with Gasteiger partial charge in [0, 0.05) is 23.9 Å². The van der Waals surface area contributed by atoms with Gasteiger partial charge in [0.25, 0.3) is 0 Å². The number of amides is 2. The van der Waals surface area contributed by atoms with E-state index in [2.05, 4.69) is 10.6 Å². The minimum Gasteiger partial charge on any atom is -0.351 e. The molecule has 4 nitrogen and oxygen atoms in total. The van der Waals surface area contributed by atoms with Crippen LogP contribution in [0.25, 0.3) is 0 Å². The molecule has 176 valence electrons. The van der Waals surface area contributed by atoms with Crippen LogP contribution in [0.5, 0.6) is 0 Å². The van der Waals surface area contributed by atoms with Gasteiger partial charge in [0.2, 0.25) is 11.8 Å². The molecule has 0 aliphatic heterocycles. The summed E-state index contributed by atoms with van der Waals surface area (Å²) >= 11 is 0. The summed E-state index contributed by atoms with van der Waals surface area (Å²) < 4.78 is 0. The van der Waals surface area contributed by atoms with E-state index in [0.29, 0.717) is 35.5 Å². The van der Waals surface area contributed by atoms with E-state index in [1.165, 1.54) is 77.0 Å². The minimum atomic E-state index is 0.147. The topological polar surface area (TPSA) is 58.2 Å². The SMILES string of the molecule is O=C(NC1CCCCC1NC(=O)C1C2CC3CC(C2)CC1C3)C1C2CC3CC(C2)CC1C3. The zero-order valence-electron chi connectivity index (χ0n) is 19.6. The average molecular weight is 439 g/mol. The summed E-state index contributed by atoms with van der Waals surface area (Å²) in [5.41, 5.74) is 0. The van der Waals surface area contributed by atoms with Gasteiger partial charge in [0.1, 0.15) is 0 Å². The van der Waals surface area contributed by atoms with Gasteiger partial charge < -0.3 is 10.6 Å². The molecule has 9 rings (SSSR count). The molecule has 0 radical (unpaired) electrons. The van der Waals surface area contributed by atoms with Crippen molar-refractivity contribution in [2.75, 3.05) is 0 Å². The molecule has 2 N–H and O–H groups in total. The van der Waals surface area contributed by atoms with Crippen LogP contribution in [0.2, 0.25) is 0 Å². The van der Waals surface area contributed by atoms with Crippen molar-refractivity contribution in [3.63, 3.8) is 0 Å². The Morgan fingerprint density at radius 3 is 1.09 bits per heavy atom. The second kappa shape index (κ2) is 7.73. The highest BCUT2D eigenvalue weighted by molar-refractivity contribution is 5.81. The number of carbonyl (C=O) groups excluding carboxylic acids is 2. The molecule has 0 aromatic rings. The normalized spacial score (nSPS) is 52.8. The lowest BCUT2D eigenvalue weighted by molar-refractivity contribution is -0.142. The Morgan fingerprint density at radius 2 is 0.781 bits per heavy atom. The smallest absolute Gasteiger partial charge is 0.223 e. The van der Waals surface area contributed by atoms with Gasteiger partial charge in [-0.3, -0.25) is 9.59 Å². The van der Waals surface area contributed by atoms with E-state index in [9.17, 15) is 9.59 Å². The van der Waals surface area contributed by atoms with Crippen LogP contribution in [0.3, 0.4) is 0 Å². The average Bonchev–Trinajstić information content (AvgIpc) is 2.73. The van der Waals surface area contributed by atoms with Gasteiger partial charge in [0.15, 0.2) is 0 Å². The Bertz CT molecular complexity index is 657. The standard InChI is InChI=1S/C28H42N2O2/c31-27(25-19-7-15-5-16(9-19)10-20(25)8-15)29-23-3-1-2-4-24(23)30-28(32)26-21-11-17-6-18(13-21)14-22(26)12-17/h15-26H,1-14H2,(H,29,31)(H,30,32). The highest BCUT2D eigenvalue weighted by Gasteiger charge is 2.52. The first-order valence-electron chi connectivity index (χ1n) is 14.2. The monoisotopic (exact) mass is 438 g/mol. The lowest BCUT2D eigenvalue weighted by Crippen LogP contribution is -2.59. The number of rotatable bonds is 4. The number of hydrogen-bond acceptors (Lipinski definition) is 2. The summed E-state index contributed by atoms with van der Waals surface area (Å²) in [5, 5.41) is 7.03. The second-order valence-electron chi connectivity index (χ2n) is 13.4. The van der Waals surface area contributed by atoms with Crippen molar-refractivity contribution in [1.29, 1.82) is 0 Å². The summed E-state index contributed by atoms with van der Waals surface area (Å²) in [4.78, 5) is 27.0. The third kappa shape index (κ3) is 3.36. The van der Waals surface area contributed by atoms with E-state index < -0.39 is 0 Å².